The largest absolute Gasteiger partial charge is 0.490 e. The van der Waals surface area contributed by atoms with E-state index < -0.39 is 17.4 Å². The van der Waals surface area contributed by atoms with E-state index in [4.69, 9.17) is 19.5 Å². The Morgan fingerprint density at radius 2 is 1.88 bits per heavy atom. The summed E-state index contributed by atoms with van der Waals surface area (Å²) in [5, 5.41) is 12.3. The zero-order valence-corrected chi connectivity index (χ0v) is 30.7. The van der Waals surface area contributed by atoms with Gasteiger partial charge in [0.25, 0.3) is 5.91 Å². The van der Waals surface area contributed by atoms with Crippen molar-refractivity contribution in [3.05, 3.63) is 117 Å². The van der Waals surface area contributed by atoms with Crippen molar-refractivity contribution in [3.8, 4) is 17.6 Å². The SMILES string of the molecule is C=C1Oc2cc(N(C)C)ccc2C2(OC(=O)c3ccc(C(=O)NCCCCCCOc4cc5sc(C#N)nc5cc4F)cc32)/C1=C/C=C(\C)N(C)C. The minimum atomic E-state index is -1.38. The Hall–Kier alpha value is -5.67. The van der Waals surface area contributed by atoms with Gasteiger partial charge in [-0.25, -0.2) is 14.2 Å². The van der Waals surface area contributed by atoms with Crippen molar-refractivity contribution in [2.75, 3.05) is 46.2 Å². The second-order valence-corrected chi connectivity index (χ2v) is 14.1. The van der Waals surface area contributed by atoms with Gasteiger partial charge in [0.2, 0.25) is 0 Å². The predicted molar refractivity (Wildman–Crippen MR) is 199 cm³/mol. The van der Waals surface area contributed by atoms with Crippen LogP contribution in [0.25, 0.3) is 10.2 Å². The first-order valence-corrected chi connectivity index (χ1v) is 17.8. The third kappa shape index (κ3) is 6.96. The Morgan fingerprint density at radius 1 is 1.10 bits per heavy atom. The molecular weight excluding hydrogens is 682 g/mol. The smallest absolute Gasteiger partial charge is 0.340 e. The highest BCUT2D eigenvalue weighted by atomic mass is 32.1. The fraction of sp³-hybridized carbons (Fsp3) is 0.300. The molecule has 0 radical (unpaired) electrons. The highest BCUT2D eigenvalue weighted by Crippen LogP contribution is 2.55. The molecule has 10 nitrogen and oxygen atoms in total. The van der Waals surface area contributed by atoms with Gasteiger partial charge in [0, 0.05) is 86.6 Å². The Labute approximate surface area is 306 Å². The first-order chi connectivity index (χ1) is 24.9. The van der Waals surface area contributed by atoms with Crippen LogP contribution >= 0.6 is 11.3 Å². The maximum Gasteiger partial charge on any atom is 0.340 e. The molecular formula is C40H40FN5O5S. The van der Waals surface area contributed by atoms with Gasteiger partial charge < -0.3 is 29.3 Å². The van der Waals surface area contributed by atoms with Gasteiger partial charge in [-0.2, -0.15) is 5.26 Å². The number of unbranched alkanes of at least 4 members (excludes halogenated alkanes) is 3. The van der Waals surface area contributed by atoms with Crippen molar-refractivity contribution in [2.45, 2.75) is 38.2 Å². The number of aromatic nitrogens is 1. The lowest BCUT2D eigenvalue weighted by Crippen LogP contribution is -2.36. The van der Waals surface area contributed by atoms with Crippen LogP contribution in [0.1, 0.15) is 69.5 Å². The van der Waals surface area contributed by atoms with E-state index in [2.05, 4.69) is 16.9 Å². The van der Waals surface area contributed by atoms with Crippen LogP contribution in [0.2, 0.25) is 0 Å². The number of thiazole rings is 1. The number of nitrogens with zero attached hydrogens (tertiary/aromatic N) is 4. The summed E-state index contributed by atoms with van der Waals surface area (Å²) in [4.78, 5) is 34.9. The van der Waals surface area contributed by atoms with Crippen molar-refractivity contribution in [3.63, 3.8) is 0 Å². The predicted octanol–water partition coefficient (Wildman–Crippen LogP) is 7.45. The summed E-state index contributed by atoms with van der Waals surface area (Å²) in [7, 11) is 7.75. The van der Waals surface area contributed by atoms with Gasteiger partial charge in [-0.3, -0.25) is 4.79 Å². The Morgan fingerprint density at radius 3 is 2.63 bits per heavy atom. The number of esters is 1. The number of benzene rings is 3. The molecule has 1 amide bonds. The zero-order valence-electron chi connectivity index (χ0n) is 29.8. The van der Waals surface area contributed by atoms with Crippen molar-refractivity contribution < 1.29 is 28.2 Å². The molecule has 0 bridgehead atoms. The number of halogens is 1. The van der Waals surface area contributed by atoms with E-state index >= 15 is 0 Å². The normalized spacial score (nSPS) is 17.0. The summed E-state index contributed by atoms with van der Waals surface area (Å²) < 4.78 is 33.4. The minimum absolute atomic E-state index is 0.144. The second-order valence-electron chi connectivity index (χ2n) is 13.1. The number of amides is 1. The molecule has 2 aliphatic rings. The van der Waals surface area contributed by atoms with E-state index in [1.807, 2.05) is 81.3 Å². The molecule has 52 heavy (non-hydrogen) atoms. The van der Waals surface area contributed by atoms with Gasteiger partial charge in [-0.1, -0.05) is 19.4 Å². The van der Waals surface area contributed by atoms with Gasteiger partial charge >= 0.3 is 5.97 Å². The maximum atomic E-state index is 14.4. The summed E-state index contributed by atoms with van der Waals surface area (Å²) >= 11 is 1.20. The summed E-state index contributed by atoms with van der Waals surface area (Å²) in [5.41, 5.74) is 3.45. The number of carbonyl (C=O) groups is 2. The van der Waals surface area contributed by atoms with Crippen LogP contribution in [0.4, 0.5) is 10.1 Å². The number of fused-ring (bicyclic) bond motifs is 5. The number of ether oxygens (including phenoxy) is 3. The molecule has 0 fully saturated rings. The standard InChI is InChI=1S/C40H40FN5O5S/c1-24(45(3)4)11-15-29-25(2)50-34-20-27(46(5)6)13-16-30(34)40(29)31-19-26(12-14-28(31)39(48)51-40)38(47)43-17-9-7-8-10-18-49-35-22-36-33(21-32(35)41)44-37(23-42)52-36/h11-16,19-22H,2,7-10,17-18H2,1,3-6H3,(H,43,47)/b24-11+,29-15+. The number of nitriles is 1. The van der Waals surface area contributed by atoms with E-state index in [-0.39, 0.29) is 16.7 Å². The molecule has 0 saturated heterocycles. The summed E-state index contributed by atoms with van der Waals surface area (Å²) in [6.45, 7) is 6.99. The Kier molecular flexibility index (Phi) is 10.4. The van der Waals surface area contributed by atoms with Crippen LogP contribution in [0.15, 0.2) is 84.3 Å². The number of rotatable bonds is 12. The Bertz CT molecular complexity index is 2180. The molecule has 268 valence electrons. The topological polar surface area (TPSA) is 117 Å². The van der Waals surface area contributed by atoms with Gasteiger partial charge in [0.05, 0.1) is 22.4 Å². The van der Waals surface area contributed by atoms with Crippen LogP contribution in [0.5, 0.6) is 11.5 Å². The molecule has 3 aromatic carbocycles. The van der Waals surface area contributed by atoms with Crippen molar-refractivity contribution >= 4 is 39.1 Å². The van der Waals surface area contributed by atoms with E-state index in [0.717, 1.165) is 30.6 Å². The third-order valence-corrected chi connectivity index (χ3v) is 10.2. The van der Waals surface area contributed by atoms with Gasteiger partial charge in [0.15, 0.2) is 22.2 Å². The lowest BCUT2D eigenvalue weighted by Gasteiger charge is -2.38. The fourth-order valence-electron chi connectivity index (χ4n) is 6.22. The third-order valence-electron chi connectivity index (χ3n) is 9.25. The molecule has 0 saturated carbocycles. The molecule has 2 aliphatic heterocycles. The Balaban J connectivity index is 1.13. The molecule has 4 aromatic rings. The molecule has 3 heterocycles. The number of nitrogens with one attached hydrogen (secondary N) is 1. The first-order valence-electron chi connectivity index (χ1n) is 17.0. The molecule has 6 rings (SSSR count). The number of anilines is 1. The summed E-state index contributed by atoms with van der Waals surface area (Å²) in [5.74, 6) is -0.272. The molecule has 1 unspecified atom stereocenters. The van der Waals surface area contributed by atoms with Crippen LogP contribution < -0.4 is 19.7 Å². The molecule has 12 heteroatoms. The fourth-order valence-corrected chi connectivity index (χ4v) is 6.99. The summed E-state index contributed by atoms with van der Waals surface area (Å²) in [6.07, 6.45) is 6.90. The summed E-state index contributed by atoms with van der Waals surface area (Å²) in [6, 6.07) is 15.6. The number of hydrogen-bond donors (Lipinski definition) is 1. The van der Waals surface area contributed by atoms with Crippen molar-refractivity contribution in [1.82, 2.24) is 15.2 Å². The highest BCUT2D eigenvalue weighted by molar-refractivity contribution is 7.19. The number of allylic oxidation sites excluding steroid dienone is 3. The molecule has 0 aliphatic carbocycles. The maximum absolute atomic E-state index is 14.4. The van der Waals surface area contributed by atoms with Crippen LogP contribution in [-0.4, -0.2) is 63.1 Å². The number of hydrogen-bond acceptors (Lipinski definition) is 10. The van der Waals surface area contributed by atoms with E-state index in [1.54, 1.807) is 24.3 Å². The molecule has 1 N–H and O–H groups in total. The zero-order chi connectivity index (χ0) is 37.2. The number of carbonyl (C=O) groups excluding carboxylic acids is 2. The quantitative estimate of drug-likeness (QED) is 0.118. The van der Waals surface area contributed by atoms with Gasteiger partial charge in [-0.15, -0.1) is 11.3 Å². The second kappa shape index (κ2) is 14.9. The van der Waals surface area contributed by atoms with Crippen LogP contribution in [0, 0.1) is 17.1 Å². The van der Waals surface area contributed by atoms with E-state index in [9.17, 15) is 14.0 Å². The van der Waals surface area contributed by atoms with E-state index in [1.165, 1.54) is 17.4 Å². The van der Waals surface area contributed by atoms with E-state index in [0.29, 0.717) is 69.1 Å². The van der Waals surface area contributed by atoms with Crippen molar-refractivity contribution in [2.24, 2.45) is 0 Å². The first kappa shape index (κ1) is 36.1. The average molecular weight is 722 g/mol. The van der Waals surface area contributed by atoms with Gasteiger partial charge in [-0.05, 0) is 62.2 Å². The van der Waals surface area contributed by atoms with Gasteiger partial charge in [0.1, 0.15) is 17.6 Å². The van der Waals surface area contributed by atoms with Crippen LogP contribution in [-0.2, 0) is 10.3 Å². The lowest BCUT2D eigenvalue weighted by molar-refractivity contribution is 0.0203. The van der Waals surface area contributed by atoms with Crippen molar-refractivity contribution in [1.29, 1.82) is 5.26 Å². The molecule has 1 spiro atoms. The lowest BCUT2D eigenvalue weighted by atomic mass is 9.76. The highest BCUT2D eigenvalue weighted by Gasteiger charge is 2.54. The van der Waals surface area contributed by atoms with Crippen LogP contribution in [0.3, 0.4) is 0 Å². The monoisotopic (exact) mass is 721 g/mol. The average Bonchev–Trinajstić information content (AvgIpc) is 3.65. The molecule has 1 aromatic heterocycles. The molecule has 1 atom stereocenters. The minimum Gasteiger partial charge on any atom is -0.490 e.